The molecule has 0 saturated heterocycles. The van der Waals surface area contributed by atoms with Gasteiger partial charge in [-0.1, -0.05) is 66.2 Å². The molecule has 0 heterocycles. The predicted molar refractivity (Wildman–Crippen MR) is 153 cm³/mol. The van der Waals surface area contributed by atoms with Gasteiger partial charge in [0.05, 0.1) is 12.2 Å². The molecule has 0 aromatic carbocycles. The van der Waals surface area contributed by atoms with Gasteiger partial charge in [0.25, 0.3) is 0 Å². The van der Waals surface area contributed by atoms with E-state index in [2.05, 4.69) is 66.9 Å². The number of ether oxygens (including phenoxy) is 1. The van der Waals surface area contributed by atoms with Gasteiger partial charge in [-0.25, -0.2) is 0 Å². The smallest absolute Gasteiger partial charge is 0.132 e. The van der Waals surface area contributed by atoms with Crippen molar-refractivity contribution in [2.24, 2.45) is 44.8 Å². The van der Waals surface area contributed by atoms with Crippen LogP contribution in [0.4, 0.5) is 0 Å². The number of allylic oxidation sites excluding steroid dienone is 3. The van der Waals surface area contributed by atoms with Gasteiger partial charge in [0.2, 0.25) is 0 Å². The molecule has 2 heteroatoms. The van der Waals surface area contributed by atoms with Gasteiger partial charge in [0.15, 0.2) is 0 Å². The molecule has 5 rings (SSSR count). The average Bonchev–Trinajstić information content (AvgIpc) is 2.79. The fourth-order valence-corrected chi connectivity index (χ4v) is 11.0. The summed E-state index contributed by atoms with van der Waals surface area (Å²) in [6, 6.07) is 0. The van der Waals surface area contributed by atoms with Crippen molar-refractivity contribution in [1.82, 2.24) is 0 Å². The molecule has 0 spiro atoms. The van der Waals surface area contributed by atoms with E-state index >= 15 is 0 Å². The standard InChI is InChI=1S/C35H54O2/c1-10-25-21-31(4,5)22-28-26-13-14-30-33(7)16-11-12-29(37-24(3)20-23(2)36)27(33)15-17-35(30,9)34(26,8)19-18-32(25,28)6/h13,24,27-30H,1,11-12,14-22H2,2-9H3/t24-,27-,28-,29?,30+,32-,33-,34+,35+/m0/s1. The van der Waals surface area contributed by atoms with Crippen LogP contribution in [0.2, 0.25) is 0 Å². The number of Topliss-reactive ketones (excluding diaryl/α,β-unsaturated/α-hetero) is 1. The summed E-state index contributed by atoms with van der Waals surface area (Å²) in [4.78, 5) is 11.7. The summed E-state index contributed by atoms with van der Waals surface area (Å²) in [5, 5.41) is 0. The van der Waals surface area contributed by atoms with Gasteiger partial charge >= 0.3 is 0 Å². The lowest BCUT2D eigenvalue weighted by molar-refractivity contribution is -0.191. The van der Waals surface area contributed by atoms with E-state index in [4.69, 9.17) is 4.74 Å². The third kappa shape index (κ3) is 4.02. The van der Waals surface area contributed by atoms with E-state index in [0.29, 0.717) is 46.5 Å². The molecule has 4 saturated carbocycles. The molecule has 37 heavy (non-hydrogen) atoms. The Bertz CT molecular complexity index is 1030. The first kappa shape index (κ1) is 27.5. The van der Waals surface area contributed by atoms with Crippen LogP contribution in [-0.2, 0) is 9.53 Å². The molecule has 206 valence electrons. The zero-order valence-electron chi connectivity index (χ0n) is 25.3. The van der Waals surface area contributed by atoms with Crippen molar-refractivity contribution in [3.05, 3.63) is 29.5 Å². The first-order chi connectivity index (χ1) is 17.2. The van der Waals surface area contributed by atoms with Crippen LogP contribution in [0, 0.1) is 44.8 Å². The largest absolute Gasteiger partial charge is 0.375 e. The van der Waals surface area contributed by atoms with Crippen molar-refractivity contribution in [1.29, 1.82) is 0 Å². The SMILES string of the molecule is C=C=C1CC(C)(C)C[C@H]2C3=CC[C@@H]4[C@@]5(C)CCCC(O[C@@H](C)CC(C)=O)[C@@H]5CC[C@@]4(C)[C@]3(C)CC[C@@]12C. The summed E-state index contributed by atoms with van der Waals surface area (Å²) < 4.78 is 6.66. The van der Waals surface area contributed by atoms with E-state index in [1.807, 2.05) is 0 Å². The molecule has 0 amide bonds. The third-order valence-corrected chi connectivity index (χ3v) is 13.1. The number of ketones is 1. The maximum absolute atomic E-state index is 11.7. The number of fused-ring (bicyclic) bond motifs is 7. The summed E-state index contributed by atoms with van der Waals surface area (Å²) in [6.07, 6.45) is 16.2. The average molecular weight is 507 g/mol. The maximum atomic E-state index is 11.7. The second-order valence-electron chi connectivity index (χ2n) is 15.8. The third-order valence-electron chi connectivity index (χ3n) is 13.1. The van der Waals surface area contributed by atoms with Gasteiger partial charge in [-0.3, -0.25) is 4.79 Å². The topological polar surface area (TPSA) is 26.3 Å². The lowest BCUT2D eigenvalue weighted by atomic mass is 9.35. The Morgan fingerprint density at radius 1 is 1.11 bits per heavy atom. The summed E-state index contributed by atoms with van der Waals surface area (Å²) in [7, 11) is 0. The summed E-state index contributed by atoms with van der Waals surface area (Å²) in [5.41, 5.74) is 8.19. The molecule has 0 N–H and O–H groups in total. The Morgan fingerprint density at radius 2 is 1.84 bits per heavy atom. The van der Waals surface area contributed by atoms with Gasteiger partial charge in [-0.05, 0) is 117 Å². The number of carbonyl (C=O) groups excluding carboxylic acids is 1. The van der Waals surface area contributed by atoms with E-state index in [9.17, 15) is 4.79 Å². The van der Waals surface area contributed by atoms with Crippen molar-refractivity contribution in [3.63, 3.8) is 0 Å². The van der Waals surface area contributed by atoms with Gasteiger partial charge in [0.1, 0.15) is 5.78 Å². The lowest BCUT2D eigenvalue weighted by Crippen LogP contribution is -2.63. The fraction of sp³-hybridized carbons (Fsp3) is 0.829. The second-order valence-corrected chi connectivity index (χ2v) is 15.8. The molecule has 0 radical (unpaired) electrons. The maximum Gasteiger partial charge on any atom is 0.132 e. The monoisotopic (exact) mass is 506 g/mol. The van der Waals surface area contributed by atoms with Gasteiger partial charge in [0, 0.05) is 11.8 Å². The number of hydrogen-bond acceptors (Lipinski definition) is 2. The minimum absolute atomic E-state index is 0.0336. The highest BCUT2D eigenvalue weighted by atomic mass is 16.5. The Balaban J connectivity index is 1.50. The quantitative estimate of drug-likeness (QED) is 0.280. The molecule has 0 bridgehead atoms. The molecule has 0 aromatic heterocycles. The Morgan fingerprint density at radius 3 is 2.51 bits per heavy atom. The van der Waals surface area contributed by atoms with Crippen LogP contribution in [0.3, 0.4) is 0 Å². The van der Waals surface area contributed by atoms with Gasteiger partial charge in [-0.2, -0.15) is 0 Å². The normalized spacial score (nSPS) is 47.4. The molecule has 9 atom stereocenters. The summed E-state index contributed by atoms with van der Waals surface area (Å²) in [6.45, 7) is 23.4. The van der Waals surface area contributed by atoms with E-state index in [1.54, 1.807) is 12.5 Å². The Hall–Kier alpha value is -1.11. The van der Waals surface area contributed by atoms with Crippen LogP contribution in [-0.4, -0.2) is 18.0 Å². The second kappa shape index (κ2) is 8.96. The van der Waals surface area contributed by atoms with Crippen LogP contribution in [0.5, 0.6) is 0 Å². The number of rotatable bonds is 4. The highest BCUT2D eigenvalue weighted by molar-refractivity contribution is 5.75. The molecule has 2 nitrogen and oxygen atoms in total. The van der Waals surface area contributed by atoms with E-state index in [0.717, 1.165) is 12.8 Å². The summed E-state index contributed by atoms with van der Waals surface area (Å²) >= 11 is 0. The zero-order chi connectivity index (χ0) is 27.0. The van der Waals surface area contributed by atoms with Crippen molar-refractivity contribution in [2.45, 2.75) is 138 Å². The molecule has 0 aromatic rings. The molecular formula is C35H54O2. The Kier molecular flexibility index (Phi) is 6.65. The van der Waals surface area contributed by atoms with Crippen molar-refractivity contribution < 1.29 is 9.53 Å². The molecule has 0 aliphatic heterocycles. The van der Waals surface area contributed by atoms with Crippen LogP contribution < -0.4 is 0 Å². The summed E-state index contributed by atoms with van der Waals surface area (Å²) in [5.74, 6) is 2.18. The van der Waals surface area contributed by atoms with Crippen LogP contribution in [0.1, 0.15) is 126 Å². The zero-order valence-corrected chi connectivity index (χ0v) is 25.3. The van der Waals surface area contributed by atoms with Crippen LogP contribution in [0.25, 0.3) is 0 Å². The van der Waals surface area contributed by atoms with Gasteiger partial charge < -0.3 is 4.74 Å². The fourth-order valence-electron chi connectivity index (χ4n) is 11.0. The Labute approximate surface area is 227 Å². The molecule has 1 unspecified atom stereocenters. The minimum Gasteiger partial charge on any atom is -0.375 e. The van der Waals surface area contributed by atoms with Crippen LogP contribution in [0.15, 0.2) is 29.5 Å². The number of carbonyl (C=O) groups is 1. The van der Waals surface area contributed by atoms with Crippen molar-refractivity contribution in [2.75, 3.05) is 0 Å². The van der Waals surface area contributed by atoms with Crippen LogP contribution >= 0.6 is 0 Å². The first-order valence-corrected chi connectivity index (χ1v) is 15.4. The van der Waals surface area contributed by atoms with Crippen molar-refractivity contribution in [3.8, 4) is 0 Å². The molecule has 4 fully saturated rings. The van der Waals surface area contributed by atoms with Gasteiger partial charge in [-0.15, -0.1) is 5.73 Å². The molecule has 5 aliphatic rings. The van der Waals surface area contributed by atoms with Crippen molar-refractivity contribution >= 4 is 5.78 Å². The first-order valence-electron chi connectivity index (χ1n) is 15.4. The van der Waals surface area contributed by atoms with E-state index in [-0.39, 0.29) is 22.7 Å². The van der Waals surface area contributed by atoms with E-state index < -0.39 is 0 Å². The molecular weight excluding hydrogens is 452 g/mol. The van der Waals surface area contributed by atoms with E-state index in [1.165, 1.54) is 56.9 Å². The highest BCUT2D eigenvalue weighted by Crippen LogP contribution is 2.75. The predicted octanol–water partition coefficient (Wildman–Crippen LogP) is 9.25. The lowest BCUT2D eigenvalue weighted by Gasteiger charge is -2.70. The molecule has 5 aliphatic carbocycles. The number of hydrogen-bond donors (Lipinski definition) is 0. The minimum atomic E-state index is 0.0336. The highest BCUT2D eigenvalue weighted by Gasteiger charge is 2.67.